The summed E-state index contributed by atoms with van der Waals surface area (Å²) in [6.07, 6.45) is 0. The SMILES string of the molecule is Cc1cc2ccc(CO)c(F)c2[nH]c1=O. The predicted octanol–water partition coefficient (Wildman–Crippen LogP) is 1.47. The van der Waals surface area contributed by atoms with Crippen molar-refractivity contribution in [1.82, 2.24) is 4.98 Å². The molecule has 0 saturated heterocycles. The Morgan fingerprint density at radius 1 is 1.47 bits per heavy atom. The van der Waals surface area contributed by atoms with Crippen LogP contribution in [0.1, 0.15) is 11.1 Å². The highest BCUT2D eigenvalue weighted by Gasteiger charge is 2.08. The van der Waals surface area contributed by atoms with Crippen molar-refractivity contribution in [2.24, 2.45) is 0 Å². The Morgan fingerprint density at radius 2 is 2.20 bits per heavy atom. The van der Waals surface area contributed by atoms with Crippen LogP contribution in [0.15, 0.2) is 23.0 Å². The third-order valence-electron chi connectivity index (χ3n) is 2.39. The molecule has 2 N–H and O–H groups in total. The van der Waals surface area contributed by atoms with Gasteiger partial charge >= 0.3 is 0 Å². The molecule has 1 heterocycles. The van der Waals surface area contributed by atoms with E-state index in [9.17, 15) is 9.18 Å². The van der Waals surface area contributed by atoms with E-state index in [1.165, 1.54) is 6.07 Å². The van der Waals surface area contributed by atoms with Gasteiger partial charge in [-0.15, -0.1) is 0 Å². The predicted molar refractivity (Wildman–Crippen MR) is 55.2 cm³/mol. The second-order valence-corrected chi connectivity index (χ2v) is 3.44. The number of fused-ring (bicyclic) bond motifs is 1. The lowest BCUT2D eigenvalue weighted by molar-refractivity contribution is 0.276. The number of aliphatic hydroxyl groups is 1. The Balaban J connectivity index is 2.87. The number of aliphatic hydroxyl groups excluding tert-OH is 1. The van der Waals surface area contributed by atoms with Gasteiger partial charge in [-0.05, 0) is 13.0 Å². The second kappa shape index (κ2) is 3.47. The van der Waals surface area contributed by atoms with Gasteiger partial charge in [0.15, 0.2) is 5.82 Å². The average molecular weight is 207 g/mol. The summed E-state index contributed by atoms with van der Waals surface area (Å²) >= 11 is 0. The molecule has 2 aromatic rings. The van der Waals surface area contributed by atoms with Crippen LogP contribution in [0.5, 0.6) is 0 Å². The lowest BCUT2D eigenvalue weighted by atomic mass is 10.1. The largest absolute Gasteiger partial charge is 0.392 e. The normalized spacial score (nSPS) is 10.9. The molecule has 1 aromatic carbocycles. The minimum absolute atomic E-state index is 0.150. The number of aromatic amines is 1. The van der Waals surface area contributed by atoms with Crippen LogP contribution >= 0.6 is 0 Å². The van der Waals surface area contributed by atoms with Crippen LogP contribution in [0.2, 0.25) is 0 Å². The average Bonchev–Trinajstić information content (AvgIpc) is 2.22. The molecule has 0 unspecified atom stereocenters. The maximum absolute atomic E-state index is 13.7. The van der Waals surface area contributed by atoms with Gasteiger partial charge in [0.05, 0.1) is 12.1 Å². The minimum atomic E-state index is -0.563. The Hall–Kier alpha value is -1.68. The molecule has 0 spiro atoms. The highest BCUT2D eigenvalue weighted by molar-refractivity contribution is 5.80. The van der Waals surface area contributed by atoms with Crippen molar-refractivity contribution in [2.75, 3.05) is 0 Å². The van der Waals surface area contributed by atoms with Gasteiger partial charge in [0.2, 0.25) is 0 Å². The fourth-order valence-corrected chi connectivity index (χ4v) is 1.51. The summed E-state index contributed by atoms with van der Waals surface area (Å²) in [5.74, 6) is -0.563. The van der Waals surface area contributed by atoms with E-state index in [-0.39, 0.29) is 23.2 Å². The monoisotopic (exact) mass is 207 g/mol. The van der Waals surface area contributed by atoms with Crippen LogP contribution in [-0.2, 0) is 6.61 Å². The molecule has 0 atom stereocenters. The van der Waals surface area contributed by atoms with Gasteiger partial charge in [0.1, 0.15) is 0 Å². The van der Waals surface area contributed by atoms with Crippen LogP contribution in [0.3, 0.4) is 0 Å². The number of benzene rings is 1. The summed E-state index contributed by atoms with van der Waals surface area (Å²) in [4.78, 5) is 13.8. The van der Waals surface area contributed by atoms with Crippen molar-refractivity contribution in [1.29, 1.82) is 0 Å². The molecular weight excluding hydrogens is 197 g/mol. The van der Waals surface area contributed by atoms with Gasteiger partial charge in [-0.1, -0.05) is 12.1 Å². The van der Waals surface area contributed by atoms with E-state index in [1.54, 1.807) is 19.1 Å². The third kappa shape index (κ3) is 1.53. The van der Waals surface area contributed by atoms with Gasteiger partial charge in [0, 0.05) is 16.5 Å². The molecule has 0 bridgehead atoms. The molecule has 0 aliphatic carbocycles. The number of hydrogen-bond donors (Lipinski definition) is 2. The quantitative estimate of drug-likeness (QED) is 0.744. The van der Waals surface area contributed by atoms with Crippen LogP contribution in [0, 0.1) is 12.7 Å². The molecule has 0 fully saturated rings. The molecule has 0 aliphatic heterocycles. The molecule has 0 saturated carbocycles. The van der Waals surface area contributed by atoms with Crippen molar-refractivity contribution < 1.29 is 9.50 Å². The first-order chi connectivity index (χ1) is 7.13. The van der Waals surface area contributed by atoms with Crippen molar-refractivity contribution in [2.45, 2.75) is 13.5 Å². The van der Waals surface area contributed by atoms with Gasteiger partial charge < -0.3 is 10.1 Å². The zero-order valence-electron chi connectivity index (χ0n) is 8.17. The van der Waals surface area contributed by atoms with E-state index < -0.39 is 5.82 Å². The molecular formula is C11H10FNO2. The smallest absolute Gasteiger partial charge is 0.251 e. The maximum Gasteiger partial charge on any atom is 0.251 e. The van der Waals surface area contributed by atoms with E-state index in [2.05, 4.69) is 4.98 Å². The van der Waals surface area contributed by atoms with Crippen molar-refractivity contribution in [3.63, 3.8) is 0 Å². The van der Waals surface area contributed by atoms with E-state index >= 15 is 0 Å². The first kappa shape index (κ1) is 9.86. The third-order valence-corrected chi connectivity index (χ3v) is 2.39. The zero-order chi connectivity index (χ0) is 11.0. The number of H-pyrrole nitrogens is 1. The summed E-state index contributed by atoms with van der Waals surface area (Å²) in [7, 11) is 0. The van der Waals surface area contributed by atoms with Crippen molar-refractivity contribution >= 4 is 10.9 Å². The Bertz CT molecular complexity index is 575. The molecule has 2 rings (SSSR count). The van der Waals surface area contributed by atoms with Crippen LogP contribution in [0.4, 0.5) is 4.39 Å². The Kier molecular flexibility index (Phi) is 2.28. The summed E-state index contributed by atoms with van der Waals surface area (Å²) < 4.78 is 13.7. The standard InChI is InChI=1S/C11H10FNO2/c1-6-4-7-2-3-8(5-14)9(12)10(7)13-11(6)15/h2-4,14H,5H2,1H3,(H,13,15). The molecule has 0 radical (unpaired) electrons. The highest BCUT2D eigenvalue weighted by atomic mass is 19.1. The summed E-state index contributed by atoms with van der Waals surface area (Å²) in [5.41, 5.74) is 0.564. The topological polar surface area (TPSA) is 53.1 Å². The minimum Gasteiger partial charge on any atom is -0.392 e. The number of halogens is 1. The van der Waals surface area contributed by atoms with Gasteiger partial charge in [-0.2, -0.15) is 0 Å². The zero-order valence-corrected chi connectivity index (χ0v) is 8.17. The number of rotatable bonds is 1. The van der Waals surface area contributed by atoms with Crippen LogP contribution in [-0.4, -0.2) is 10.1 Å². The van der Waals surface area contributed by atoms with Gasteiger partial charge in [-0.25, -0.2) is 4.39 Å². The molecule has 78 valence electrons. The number of pyridine rings is 1. The van der Waals surface area contributed by atoms with Crippen molar-refractivity contribution in [3.05, 3.63) is 45.5 Å². The molecule has 1 aromatic heterocycles. The second-order valence-electron chi connectivity index (χ2n) is 3.44. The van der Waals surface area contributed by atoms with Crippen LogP contribution < -0.4 is 5.56 Å². The van der Waals surface area contributed by atoms with Gasteiger partial charge in [0.25, 0.3) is 5.56 Å². The summed E-state index contributed by atoms with van der Waals surface area (Å²) in [6.45, 7) is 1.29. The Labute approximate surface area is 85.2 Å². The van der Waals surface area contributed by atoms with E-state index in [1.807, 2.05) is 0 Å². The first-order valence-corrected chi connectivity index (χ1v) is 4.55. The molecule has 3 nitrogen and oxygen atoms in total. The lowest BCUT2D eigenvalue weighted by Gasteiger charge is -2.04. The number of aromatic nitrogens is 1. The maximum atomic E-state index is 13.7. The molecule has 4 heteroatoms. The van der Waals surface area contributed by atoms with E-state index in [0.29, 0.717) is 10.9 Å². The first-order valence-electron chi connectivity index (χ1n) is 4.55. The molecule has 15 heavy (non-hydrogen) atoms. The lowest BCUT2D eigenvalue weighted by Crippen LogP contribution is -2.10. The van der Waals surface area contributed by atoms with Crippen LogP contribution in [0.25, 0.3) is 10.9 Å². The Morgan fingerprint density at radius 3 is 2.87 bits per heavy atom. The van der Waals surface area contributed by atoms with Gasteiger partial charge in [-0.3, -0.25) is 4.79 Å². The number of aryl methyl sites for hydroxylation is 1. The van der Waals surface area contributed by atoms with E-state index in [4.69, 9.17) is 5.11 Å². The molecule has 0 aliphatic rings. The fraction of sp³-hybridized carbons (Fsp3) is 0.182. The number of hydrogen-bond acceptors (Lipinski definition) is 2. The fourth-order valence-electron chi connectivity index (χ4n) is 1.51. The highest BCUT2D eigenvalue weighted by Crippen LogP contribution is 2.18. The van der Waals surface area contributed by atoms with Crippen molar-refractivity contribution in [3.8, 4) is 0 Å². The van der Waals surface area contributed by atoms with E-state index in [0.717, 1.165) is 0 Å². The summed E-state index contributed by atoms with van der Waals surface area (Å²) in [6, 6.07) is 4.81. The molecule has 0 amide bonds. The summed E-state index contributed by atoms with van der Waals surface area (Å²) in [5, 5.41) is 9.50. The number of nitrogens with one attached hydrogen (secondary N) is 1.